The van der Waals surface area contributed by atoms with E-state index in [0.29, 0.717) is 0 Å². The molecule has 4 nitrogen and oxygen atoms in total. The van der Waals surface area contributed by atoms with Crippen molar-refractivity contribution in [3.8, 4) is 0 Å². The molecule has 2 saturated heterocycles. The van der Waals surface area contributed by atoms with Crippen LogP contribution in [-0.4, -0.2) is 50.0 Å². The first-order valence-corrected chi connectivity index (χ1v) is 8.04. The highest BCUT2D eigenvalue weighted by atomic mass is 32.2. The van der Waals surface area contributed by atoms with Gasteiger partial charge in [-0.1, -0.05) is 13.3 Å². The number of sulfone groups is 1. The van der Waals surface area contributed by atoms with Crippen LogP contribution >= 0.6 is 0 Å². The van der Waals surface area contributed by atoms with E-state index in [2.05, 4.69) is 11.8 Å². The summed E-state index contributed by atoms with van der Waals surface area (Å²) in [6.45, 7) is 4.27. The number of piperidine rings is 1. The van der Waals surface area contributed by atoms with Crippen molar-refractivity contribution in [2.75, 3.05) is 24.6 Å². The normalized spacial score (nSPS) is 36.6. The van der Waals surface area contributed by atoms with E-state index in [-0.39, 0.29) is 23.6 Å². The smallest absolute Gasteiger partial charge is 0.153 e. The van der Waals surface area contributed by atoms with E-state index in [4.69, 9.17) is 5.73 Å². The summed E-state index contributed by atoms with van der Waals surface area (Å²) < 4.78 is 23.0. The maximum Gasteiger partial charge on any atom is 0.153 e. The van der Waals surface area contributed by atoms with Gasteiger partial charge >= 0.3 is 0 Å². The number of hydrogen-bond acceptors (Lipinski definition) is 4. The molecule has 0 spiro atoms. The van der Waals surface area contributed by atoms with Crippen molar-refractivity contribution in [2.24, 2.45) is 11.7 Å². The predicted octanol–water partition coefficient (Wildman–Crippen LogP) is 0.233. The van der Waals surface area contributed by atoms with Gasteiger partial charge in [-0.2, -0.15) is 0 Å². The summed E-state index contributed by atoms with van der Waals surface area (Å²) in [4.78, 5) is 2.29. The summed E-state index contributed by atoms with van der Waals surface area (Å²) in [6.07, 6.45) is 3.63. The molecular weight excluding hydrogens is 224 g/mol. The molecule has 2 rings (SSSR count). The molecule has 16 heavy (non-hydrogen) atoms. The Kier molecular flexibility index (Phi) is 3.56. The number of nitrogens with zero attached hydrogens (tertiary/aromatic N) is 1. The predicted molar refractivity (Wildman–Crippen MR) is 65.0 cm³/mol. The van der Waals surface area contributed by atoms with Gasteiger partial charge in [0.1, 0.15) is 0 Å². The molecule has 5 heteroatoms. The molecule has 0 aliphatic carbocycles. The van der Waals surface area contributed by atoms with Crippen LogP contribution in [0.25, 0.3) is 0 Å². The molecule has 2 atom stereocenters. The van der Waals surface area contributed by atoms with Crippen LogP contribution in [0.15, 0.2) is 0 Å². The Bertz CT molecular complexity index is 334. The molecule has 0 saturated carbocycles. The van der Waals surface area contributed by atoms with Crippen molar-refractivity contribution in [1.29, 1.82) is 0 Å². The lowest BCUT2D eigenvalue weighted by Crippen LogP contribution is -2.50. The van der Waals surface area contributed by atoms with Gasteiger partial charge in [0, 0.05) is 12.1 Å². The molecule has 0 radical (unpaired) electrons. The largest absolute Gasteiger partial charge is 0.325 e. The standard InChI is InChI=1S/C11H22N2O2S/c1-2-9-3-5-13(6-4-9)11-8-16(14,15)7-10(11)12/h9-11H,2-8,12H2,1H3. The molecule has 0 bridgehead atoms. The quantitative estimate of drug-likeness (QED) is 0.758. The zero-order valence-corrected chi connectivity index (χ0v) is 10.7. The van der Waals surface area contributed by atoms with Crippen molar-refractivity contribution in [3.05, 3.63) is 0 Å². The third-order valence-electron chi connectivity index (χ3n) is 4.06. The van der Waals surface area contributed by atoms with Crippen molar-refractivity contribution >= 4 is 9.84 Å². The van der Waals surface area contributed by atoms with Crippen LogP contribution in [-0.2, 0) is 9.84 Å². The Morgan fingerprint density at radius 1 is 1.25 bits per heavy atom. The Hall–Kier alpha value is -0.130. The van der Waals surface area contributed by atoms with Crippen LogP contribution in [0.1, 0.15) is 26.2 Å². The molecule has 0 aromatic heterocycles. The average Bonchev–Trinajstić information content (AvgIpc) is 2.52. The third kappa shape index (κ3) is 2.57. The topological polar surface area (TPSA) is 63.4 Å². The molecule has 2 unspecified atom stereocenters. The zero-order chi connectivity index (χ0) is 11.8. The lowest BCUT2D eigenvalue weighted by molar-refractivity contribution is 0.133. The van der Waals surface area contributed by atoms with E-state index < -0.39 is 9.84 Å². The van der Waals surface area contributed by atoms with Crippen LogP contribution in [0.2, 0.25) is 0 Å². The fourth-order valence-corrected chi connectivity index (χ4v) is 4.85. The van der Waals surface area contributed by atoms with Crippen LogP contribution in [0.5, 0.6) is 0 Å². The summed E-state index contributed by atoms with van der Waals surface area (Å²) in [5.41, 5.74) is 5.93. The Morgan fingerprint density at radius 2 is 1.88 bits per heavy atom. The molecule has 0 aromatic carbocycles. The second-order valence-corrected chi connectivity index (χ2v) is 7.35. The monoisotopic (exact) mass is 246 g/mol. The van der Waals surface area contributed by atoms with Crippen molar-refractivity contribution in [1.82, 2.24) is 4.90 Å². The summed E-state index contributed by atoms with van der Waals surface area (Å²) >= 11 is 0. The van der Waals surface area contributed by atoms with E-state index in [9.17, 15) is 8.42 Å². The summed E-state index contributed by atoms with van der Waals surface area (Å²) in [7, 11) is -2.88. The first-order valence-electron chi connectivity index (χ1n) is 6.22. The molecule has 2 aliphatic rings. The van der Waals surface area contributed by atoms with Crippen molar-refractivity contribution < 1.29 is 8.42 Å². The highest BCUT2D eigenvalue weighted by molar-refractivity contribution is 7.91. The Morgan fingerprint density at radius 3 is 2.31 bits per heavy atom. The summed E-state index contributed by atoms with van der Waals surface area (Å²) in [5.74, 6) is 1.27. The van der Waals surface area contributed by atoms with Gasteiger partial charge in [-0.15, -0.1) is 0 Å². The van der Waals surface area contributed by atoms with E-state index in [1.54, 1.807) is 0 Å². The molecule has 2 N–H and O–H groups in total. The highest BCUT2D eigenvalue weighted by Gasteiger charge is 2.39. The lowest BCUT2D eigenvalue weighted by atomic mass is 9.93. The van der Waals surface area contributed by atoms with Gasteiger partial charge in [-0.05, 0) is 31.8 Å². The number of rotatable bonds is 2. The van der Waals surface area contributed by atoms with E-state index in [1.165, 1.54) is 19.3 Å². The fourth-order valence-electron chi connectivity index (χ4n) is 2.93. The van der Waals surface area contributed by atoms with Gasteiger partial charge < -0.3 is 5.73 Å². The van der Waals surface area contributed by atoms with Crippen molar-refractivity contribution in [3.63, 3.8) is 0 Å². The molecule has 2 heterocycles. The van der Waals surface area contributed by atoms with Crippen LogP contribution in [0.3, 0.4) is 0 Å². The van der Waals surface area contributed by atoms with E-state index in [0.717, 1.165) is 19.0 Å². The molecule has 2 fully saturated rings. The van der Waals surface area contributed by atoms with Gasteiger partial charge in [0.05, 0.1) is 11.5 Å². The van der Waals surface area contributed by atoms with Gasteiger partial charge in [-0.25, -0.2) is 8.42 Å². The van der Waals surface area contributed by atoms with Gasteiger partial charge in [-0.3, -0.25) is 4.90 Å². The maximum absolute atomic E-state index is 11.5. The first-order chi connectivity index (χ1) is 7.52. The first kappa shape index (κ1) is 12.3. The molecule has 94 valence electrons. The van der Waals surface area contributed by atoms with Crippen LogP contribution in [0.4, 0.5) is 0 Å². The number of nitrogens with two attached hydrogens (primary N) is 1. The van der Waals surface area contributed by atoms with Gasteiger partial charge in [0.15, 0.2) is 9.84 Å². The fraction of sp³-hybridized carbons (Fsp3) is 1.00. The number of likely N-dealkylation sites (tertiary alicyclic amines) is 1. The maximum atomic E-state index is 11.5. The Balaban J connectivity index is 1.95. The minimum atomic E-state index is -2.88. The van der Waals surface area contributed by atoms with Crippen LogP contribution < -0.4 is 5.73 Å². The van der Waals surface area contributed by atoms with E-state index in [1.807, 2.05) is 0 Å². The zero-order valence-electron chi connectivity index (χ0n) is 9.93. The highest BCUT2D eigenvalue weighted by Crippen LogP contribution is 2.25. The number of hydrogen-bond donors (Lipinski definition) is 1. The van der Waals surface area contributed by atoms with E-state index >= 15 is 0 Å². The molecule has 2 aliphatic heterocycles. The second kappa shape index (κ2) is 4.63. The minimum absolute atomic E-state index is 0.0720. The van der Waals surface area contributed by atoms with Crippen LogP contribution in [0, 0.1) is 5.92 Å². The molecular formula is C11H22N2O2S. The summed E-state index contributed by atoms with van der Waals surface area (Å²) in [5, 5.41) is 0. The molecule has 0 aromatic rings. The average molecular weight is 246 g/mol. The molecule has 0 amide bonds. The summed E-state index contributed by atoms with van der Waals surface area (Å²) in [6, 6.07) is -0.106. The SMILES string of the molecule is CCC1CCN(C2CS(=O)(=O)CC2N)CC1. The second-order valence-electron chi connectivity index (χ2n) is 5.20. The lowest BCUT2D eigenvalue weighted by Gasteiger charge is -2.36. The Labute approximate surface area is 98.1 Å². The third-order valence-corrected chi connectivity index (χ3v) is 5.80. The minimum Gasteiger partial charge on any atom is -0.325 e. The van der Waals surface area contributed by atoms with Crippen molar-refractivity contribution in [2.45, 2.75) is 38.3 Å². The van der Waals surface area contributed by atoms with Gasteiger partial charge in [0.2, 0.25) is 0 Å². The van der Waals surface area contributed by atoms with Gasteiger partial charge in [0.25, 0.3) is 0 Å².